The molecule has 2 rings (SSSR count). The molecule has 0 spiro atoms. The van der Waals surface area contributed by atoms with Crippen molar-refractivity contribution in [3.05, 3.63) is 0 Å². The zero-order valence-electron chi connectivity index (χ0n) is 11.4. The van der Waals surface area contributed by atoms with Crippen LogP contribution in [0.4, 0.5) is 0 Å². The SMILES string of the molecule is O=C(CCCC1CCCCC1)NCC1CC(O)C1. The summed E-state index contributed by atoms with van der Waals surface area (Å²) in [7, 11) is 0. The van der Waals surface area contributed by atoms with E-state index < -0.39 is 0 Å². The van der Waals surface area contributed by atoms with Gasteiger partial charge in [-0.15, -0.1) is 0 Å². The van der Waals surface area contributed by atoms with Crippen LogP contribution in [-0.2, 0) is 4.79 Å². The van der Waals surface area contributed by atoms with Crippen molar-refractivity contribution in [1.82, 2.24) is 5.32 Å². The van der Waals surface area contributed by atoms with E-state index in [1.807, 2.05) is 0 Å². The van der Waals surface area contributed by atoms with E-state index in [1.165, 1.54) is 38.5 Å². The molecule has 0 heterocycles. The second-order valence-corrected chi connectivity index (χ2v) is 6.19. The van der Waals surface area contributed by atoms with Gasteiger partial charge in [0.1, 0.15) is 0 Å². The molecule has 2 aliphatic carbocycles. The molecular formula is C15H27NO2. The minimum atomic E-state index is -0.113. The van der Waals surface area contributed by atoms with E-state index in [1.54, 1.807) is 0 Å². The van der Waals surface area contributed by atoms with Crippen LogP contribution in [0, 0.1) is 11.8 Å². The number of aliphatic hydroxyl groups excluding tert-OH is 1. The maximum absolute atomic E-state index is 11.6. The summed E-state index contributed by atoms with van der Waals surface area (Å²) in [5, 5.41) is 12.1. The Hall–Kier alpha value is -0.570. The largest absolute Gasteiger partial charge is 0.393 e. The molecule has 0 aliphatic heterocycles. The average Bonchev–Trinajstić information content (AvgIpc) is 2.34. The van der Waals surface area contributed by atoms with Crippen molar-refractivity contribution in [2.24, 2.45) is 11.8 Å². The molecule has 104 valence electrons. The van der Waals surface area contributed by atoms with Gasteiger partial charge in [-0.2, -0.15) is 0 Å². The maximum atomic E-state index is 11.6. The zero-order chi connectivity index (χ0) is 12.8. The molecule has 2 saturated carbocycles. The normalized spacial score (nSPS) is 28.7. The molecule has 0 saturated heterocycles. The molecule has 0 unspecified atom stereocenters. The summed E-state index contributed by atoms with van der Waals surface area (Å²) in [5.41, 5.74) is 0. The van der Waals surface area contributed by atoms with E-state index in [-0.39, 0.29) is 12.0 Å². The minimum absolute atomic E-state index is 0.113. The number of aliphatic hydroxyl groups is 1. The van der Waals surface area contributed by atoms with Crippen LogP contribution in [0.5, 0.6) is 0 Å². The van der Waals surface area contributed by atoms with Crippen molar-refractivity contribution in [1.29, 1.82) is 0 Å². The lowest BCUT2D eigenvalue weighted by Crippen LogP contribution is -2.38. The zero-order valence-corrected chi connectivity index (χ0v) is 11.4. The Bertz CT molecular complexity index is 255. The molecule has 18 heavy (non-hydrogen) atoms. The highest BCUT2D eigenvalue weighted by atomic mass is 16.3. The summed E-state index contributed by atoms with van der Waals surface area (Å²) in [6.45, 7) is 0.763. The topological polar surface area (TPSA) is 49.3 Å². The Labute approximate surface area is 110 Å². The van der Waals surface area contributed by atoms with Gasteiger partial charge in [-0.05, 0) is 37.5 Å². The molecule has 3 nitrogen and oxygen atoms in total. The number of hydrogen-bond donors (Lipinski definition) is 2. The second kappa shape index (κ2) is 7.13. The number of nitrogens with one attached hydrogen (secondary N) is 1. The second-order valence-electron chi connectivity index (χ2n) is 6.19. The third-order valence-corrected chi connectivity index (χ3v) is 4.54. The lowest BCUT2D eigenvalue weighted by molar-refractivity contribution is -0.121. The lowest BCUT2D eigenvalue weighted by Gasteiger charge is -2.31. The fourth-order valence-corrected chi connectivity index (χ4v) is 3.24. The Morgan fingerprint density at radius 2 is 1.83 bits per heavy atom. The predicted molar refractivity (Wildman–Crippen MR) is 72.2 cm³/mol. The van der Waals surface area contributed by atoms with Crippen LogP contribution >= 0.6 is 0 Å². The molecule has 2 N–H and O–H groups in total. The van der Waals surface area contributed by atoms with Crippen LogP contribution in [0.15, 0.2) is 0 Å². The lowest BCUT2D eigenvalue weighted by atomic mass is 9.82. The van der Waals surface area contributed by atoms with Crippen LogP contribution in [-0.4, -0.2) is 23.7 Å². The molecule has 0 radical (unpaired) electrons. The molecule has 0 aromatic rings. The summed E-state index contributed by atoms with van der Waals surface area (Å²) in [6, 6.07) is 0. The average molecular weight is 253 g/mol. The fraction of sp³-hybridized carbons (Fsp3) is 0.933. The summed E-state index contributed by atoms with van der Waals surface area (Å²) in [5.74, 6) is 1.60. The van der Waals surface area contributed by atoms with E-state index in [0.29, 0.717) is 12.3 Å². The van der Waals surface area contributed by atoms with Crippen molar-refractivity contribution < 1.29 is 9.90 Å². The maximum Gasteiger partial charge on any atom is 0.220 e. The summed E-state index contributed by atoms with van der Waals surface area (Å²) in [6.07, 6.45) is 11.5. The van der Waals surface area contributed by atoms with Crippen LogP contribution < -0.4 is 5.32 Å². The van der Waals surface area contributed by atoms with Gasteiger partial charge in [0.25, 0.3) is 0 Å². The first-order chi connectivity index (χ1) is 8.74. The van der Waals surface area contributed by atoms with Crippen molar-refractivity contribution in [2.75, 3.05) is 6.54 Å². The van der Waals surface area contributed by atoms with Crippen LogP contribution in [0.1, 0.15) is 64.2 Å². The van der Waals surface area contributed by atoms with Gasteiger partial charge in [0.2, 0.25) is 5.91 Å². The molecule has 0 atom stereocenters. The van der Waals surface area contributed by atoms with Gasteiger partial charge in [-0.25, -0.2) is 0 Å². The predicted octanol–water partition coefficient (Wildman–Crippen LogP) is 2.62. The fourth-order valence-electron chi connectivity index (χ4n) is 3.24. The van der Waals surface area contributed by atoms with Crippen molar-refractivity contribution in [2.45, 2.75) is 70.3 Å². The molecule has 2 fully saturated rings. The Morgan fingerprint density at radius 1 is 1.11 bits per heavy atom. The van der Waals surface area contributed by atoms with Crippen LogP contribution in [0.25, 0.3) is 0 Å². The molecule has 0 bridgehead atoms. The van der Waals surface area contributed by atoms with Gasteiger partial charge < -0.3 is 10.4 Å². The van der Waals surface area contributed by atoms with Crippen LogP contribution in [0.2, 0.25) is 0 Å². The van der Waals surface area contributed by atoms with E-state index >= 15 is 0 Å². The Kier molecular flexibility index (Phi) is 5.48. The quantitative estimate of drug-likeness (QED) is 0.764. The number of carbonyl (C=O) groups excluding carboxylic acids is 1. The van der Waals surface area contributed by atoms with Gasteiger partial charge in [-0.3, -0.25) is 4.79 Å². The van der Waals surface area contributed by atoms with Gasteiger partial charge in [-0.1, -0.05) is 32.1 Å². The monoisotopic (exact) mass is 253 g/mol. The number of carbonyl (C=O) groups is 1. The third kappa shape index (κ3) is 4.60. The summed E-state index contributed by atoms with van der Waals surface area (Å²) >= 11 is 0. The van der Waals surface area contributed by atoms with Gasteiger partial charge >= 0.3 is 0 Å². The number of amides is 1. The highest BCUT2D eigenvalue weighted by Gasteiger charge is 2.27. The van der Waals surface area contributed by atoms with Crippen molar-refractivity contribution in [3.63, 3.8) is 0 Å². The highest BCUT2D eigenvalue weighted by molar-refractivity contribution is 5.75. The Balaban J connectivity index is 1.46. The molecule has 2 aliphatic rings. The highest BCUT2D eigenvalue weighted by Crippen LogP contribution is 2.28. The van der Waals surface area contributed by atoms with E-state index in [0.717, 1.165) is 31.7 Å². The number of rotatable bonds is 6. The molecule has 0 aromatic carbocycles. The molecule has 3 heteroatoms. The molecular weight excluding hydrogens is 226 g/mol. The summed E-state index contributed by atoms with van der Waals surface area (Å²) in [4.78, 5) is 11.6. The van der Waals surface area contributed by atoms with Gasteiger partial charge in [0.05, 0.1) is 6.10 Å². The smallest absolute Gasteiger partial charge is 0.220 e. The van der Waals surface area contributed by atoms with E-state index in [9.17, 15) is 4.79 Å². The van der Waals surface area contributed by atoms with E-state index in [2.05, 4.69) is 5.32 Å². The first kappa shape index (κ1) is 13.9. The molecule has 0 aromatic heterocycles. The van der Waals surface area contributed by atoms with E-state index in [4.69, 9.17) is 5.11 Å². The minimum Gasteiger partial charge on any atom is -0.393 e. The molecule has 1 amide bonds. The van der Waals surface area contributed by atoms with Crippen LogP contribution in [0.3, 0.4) is 0 Å². The Morgan fingerprint density at radius 3 is 2.50 bits per heavy atom. The van der Waals surface area contributed by atoms with Gasteiger partial charge in [0, 0.05) is 13.0 Å². The number of hydrogen-bond acceptors (Lipinski definition) is 2. The van der Waals surface area contributed by atoms with Crippen molar-refractivity contribution >= 4 is 5.91 Å². The van der Waals surface area contributed by atoms with Crippen molar-refractivity contribution in [3.8, 4) is 0 Å². The first-order valence-corrected chi connectivity index (χ1v) is 7.69. The summed E-state index contributed by atoms with van der Waals surface area (Å²) < 4.78 is 0. The van der Waals surface area contributed by atoms with Gasteiger partial charge in [0.15, 0.2) is 0 Å². The third-order valence-electron chi connectivity index (χ3n) is 4.54. The first-order valence-electron chi connectivity index (χ1n) is 7.69. The standard InChI is InChI=1S/C15H27NO2/c17-14-9-13(10-14)11-16-15(18)8-4-7-12-5-2-1-3-6-12/h12-14,17H,1-11H2,(H,16,18).